The van der Waals surface area contributed by atoms with Gasteiger partial charge in [-0.05, 0) is 12.1 Å². The molecule has 0 bridgehead atoms. The number of thioether (sulfide) groups is 1. The van der Waals surface area contributed by atoms with Crippen molar-refractivity contribution in [3.63, 3.8) is 0 Å². The largest absolute Gasteiger partial charge is 0.481 e. The fourth-order valence-corrected chi connectivity index (χ4v) is 2.14. The van der Waals surface area contributed by atoms with Crippen LogP contribution in [0.3, 0.4) is 0 Å². The topological polar surface area (TPSA) is 66.4 Å². The molecular formula is C12H13ClFNO3S. The van der Waals surface area contributed by atoms with E-state index in [9.17, 15) is 14.0 Å². The third kappa shape index (κ3) is 5.94. The molecule has 0 heterocycles. The van der Waals surface area contributed by atoms with Crippen molar-refractivity contribution in [1.29, 1.82) is 0 Å². The van der Waals surface area contributed by atoms with Gasteiger partial charge < -0.3 is 10.4 Å². The fraction of sp³-hybridized carbons (Fsp3) is 0.333. The number of amides is 1. The van der Waals surface area contributed by atoms with Gasteiger partial charge in [0, 0.05) is 22.9 Å². The van der Waals surface area contributed by atoms with Crippen LogP contribution in [0.4, 0.5) is 4.39 Å². The average Bonchev–Trinajstić information content (AvgIpc) is 2.33. The molecule has 0 radical (unpaired) electrons. The summed E-state index contributed by atoms with van der Waals surface area (Å²) >= 11 is 7.00. The maximum Gasteiger partial charge on any atom is 0.313 e. The Morgan fingerprint density at radius 3 is 2.79 bits per heavy atom. The zero-order valence-corrected chi connectivity index (χ0v) is 11.6. The Balaban J connectivity index is 2.33. The van der Waals surface area contributed by atoms with Gasteiger partial charge in [0.2, 0.25) is 5.91 Å². The van der Waals surface area contributed by atoms with E-state index in [1.54, 1.807) is 0 Å². The molecule has 1 rings (SSSR count). The summed E-state index contributed by atoms with van der Waals surface area (Å²) in [5.74, 6) is -1.27. The highest BCUT2D eigenvalue weighted by molar-refractivity contribution is 7.99. The third-order valence-corrected chi connectivity index (χ3v) is 3.49. The molecule has 104 valence electrons. The second-order valence-corrected chi connectivity index (χ2v) is 5.19. The minimum absolute atomic E-state index is 0.00495. The van der Waals surface area contributed by atoms with Gasteiger partial charge in [-0.2, -0.15) is 0 Å². The molecule has 0 saturated carbocycles. The van der Waals surface area contributed by atoms with E-state index in [1.165, 1.54) is 30.0 Å². The first-order valence-electron chi connectivity index (χ1n) is 5.50. The molecule has 0 unspecified atom stereocenters. The molecule has 0 aliphatic carbocycles. The highest BCUT2D eigenvalue weighted by atomic mass is 35.5. The van der Waals surface area contributed by atoms with E-state index in [0.717, 1.165) is 0 Å². The number of hydrogen-bond donors (Lipinski definition) is 2. The van der Waals surface area contributed by atoms with Crippen LogP contribution in [0.2, 0.25) is 5.02 Å². The fourth-order valence-electron chi connectivity index (χ4n) is 1.35. The molecule has 0 aliphatic heterocycles. The lowest BCUT2D eigenvalue weighted by Gasteiger charge is -2.07. The highest BCUT2D eigenvalue weighted by Crippen LogP contribution is 2.19. The zero-order chi connectivity index (χ0) is 14.3. The predicted molar refractivity (Wildman–Crippen MR) is 73.1 cm³/mol. The maximum absolute atomic E-state index is 13.4. The molecule has 19 heavy (non-hydrogen) atoms. The molecule has 1 aromatic rings. The SMILES string of the molecule is O=C(O)CSCCNC(=O)Cc1c(F)cccc1Cl. The molecule has 0 fully saturated rings. The van der Waals surface area contributed by atoms with E-state index in [4.69, 9.17) is 16.7 Å². The smallest absolute Gasteiger partial charge is 0.313 e. The molecule has 4 nitrogen and oxygen atoms in total. The van der Waals surface area contributed by atoms with Crippen molar-refractivity contribution in [3.05, 3.63) is 34.6 Å². The number of carboxylic acid groups (broad SMARTS) is 1. The van der Waals surface area contributed by atoms with Crippen molar-refractivity contribution < 1.29 is 19.1 Å². The number of benzene rings is 1. The number of carbonyl (C=O) groups is 2. The number of aliphatic carboxylic acids is 1. The summed E-state index contributed by atoms with van der Waals surface area (Å²) in [6, 6.07) is 4.24. The number of rotatable bonds is 7. The lowest BCUT2D eigenvalue weighted by Crippen LogP contribution is -2.28. The predicted octanol–water partition coefficient (Wildman–Crippen LogP) is 1.96. The van der Waals surface area contributed by atoms with Crippen LogP contribution in [-0.4, -0.2) is 35.0 Å². The van der Waals surface area contributed by atoms with Gasteiger partial charge in [0.25, 0.3) is 0 Å². The Morgan fingerprint density at radius 2 is 2.16 bits per heavy atom. The molecule has 0 spiro atoms. The monoisotopic (exact) mass is 305 g/mol. The molecule has 0 saturated heterocycles. The van der Waals surface area contributed by atoms with Crippen molar-refractivity contribution in [2.75, 3.05) is 18.1 Å². The lowest BCUT2D eigenvalue weighted by molar-refractivity contribution is -0.133. The minimum Gasteiger partial charge on any atom is -0.481 e. The van der Waals surface area contributed by atoms with E-state index < -0.39 is 11.8 Å². The van der Waals surface area contributed by atoms with Crippen LogP contribution in [0.15, 0.2) is 18.2 Å². The van der Waals surface area contributed by atoms with Crippen LogP contribution in [0.25, 0.3) is 0 Å². The van der Waals surface area contributed by atoms with Gasteiger partial charge in [-0.15, -0.1) is 11.8 Å². The second-order valence-electron chi connectivity index (χ2n) is 3.67. The molecule has 0 aromatic heterocycles. The number of carbonyl (C=O) groups excluding carboxylic acids is 1. The van der Waals surface area contributed by atoms with E-state index in [1.807, 2.05) is 0 Å². The molecule has 1 aromatic carbocycles. The van der Waals surface area contributed by atoms with Crippen LogP contribution in [-0.2, 0) is 16.0 Å². The van der Waals surface area contributed by atoms with Crippen molar-refractivity contribution in [2.45, 2.75) is 6.42 Å². The summed E-state index contributed by atoms with van der Waals surface area (Å²) in [5.41, 5.74) is 0.167. The third-order valence-electron chi connectivity index (χ3n) is 2.19. The summed E-state index contributed by atoms with van der Waals surface area (Å²) < 4.78 is 13.4. The molecular weight excluding hydrogens is 293 g/mol. The summed E-state index contributed by atoms with van der Waals surface area (Å²) in [7, 11) is 0. The summed E-state index contributed by atoms with van der Waals surface area (Å²) in [6.45, 7) is 0.336. The molecule has 7 heteroatoms. The molecule has 0 aliphatic rings. The maximum atomic E-state index is 13.4. The zero-order valence-electron chi connectivity index (χ0n) is 9.99. The molecule has 0 atom stereocenters. The van der Waals surface area contributed by atoms with Gasteiger partial charge in [-0.1, -0.05) is 17.7 Å². The van der Waals surface area contributed by atoms with Crippen LogP contribution in [0.1, 0.15) is 5.56 Å². The standard InChI is InChI=1S/C12H13ClFNO3S/c13-9-2-1-3-10(14)8(9)6-11(16)15-4-5-19-7-12(17)18/h1-3H,4-7H2,(H,15,16)(H,17,18). The number of nitrogens with one attached hydrogen (secondary N) is 1. The normalized spacial score (nSPS) is 10.2. The van der Waals surface area contributed by atoms with Crippen LogP contribution >= 0.6 is 23.4 Å². The van der Waals surface area contributed by atoms with Gasteiger partial charge in [0.15, 0.2) is 0 Å². The van der Waals surface area contributed by atoms with Crippen molar-refractivity contribution in [3.8, 4) is 0 Å². The molecule has 1 amide bonds. The first-order chi connectivity index (χ1) is 9.00. The number of hydrogen-bond acceptors (Lipinski definition) is 3. The van der Waals surface area contributed by atoms with Gasteiger partial charge in [0.1, 0.15) is 5.82 Å². The van der Waals surface area contributed by atoms with Crippen molar-refractivity contribution >= 4 is 35.2 Å². The van der Waals surface area contributed by atoms with E-state index >= 15 is 0 Å². The molecule has 2 N–H and O–H groups in total. The van der Waals surface area contributed by atoms with Crippen LogP contribution < -0.4 is 5.32 Å². The first-order valence-corrected chi connectivity index (χ1v) is 7.03. The Kier molecular flexibility index (Phi) is 6.66. The second kappa shape index (κ2) is 8.01. The lowest BCUT2D eigenvalue weighted by atomic mass is 10.1. The van der Waals surface area contributed by atoms with Crippen molar-refractivity contribution in [2.24, 2.45) is 0 Å². The van der Waals surface area contributed by atoms with Gasteiger partial charge in [-0.25, -0.2) is 4.39 Å². The minimum atomic E-state index is -0.894. The van der Waals surface area contributed by atoms with Gasteiger partial charge in [0.05, 0.1) is 12.2 Å². The van der Waals surface area contributed by atoms with Crippen LogP contribution in [0, 0.1) is 5.82 Å². The van der Waals surface area contributed by atoms with E-state index in [-0.39, 0.29) is 28.7 Å². The number of carboxylic acids is 1. The number of halogens is 2. The van der Waals surface area contributed by atoms with Gasteiger partial charge >= 0.3 is 5.97 Å². The average molecular weight is 306 g/mol. The van der Waals surface area contributed by atoms with E-state index in [2.05, 4.69) is 5.32 Å². The Labute approximate surface area is 119 Å². The van der Waals surface area contributed by atoms with Gasteiger partial charge in [-0.3, -0.25) is 9.59 Å². The van der Waals surface area contributed by atoms with Crippen molar-refractivity contribution in [1.82, 2.24) is 5.32 Å². The Morgan fingerprint density at radius 1 is 1.42 bits per heavy atom. The van der Waals surface area contributed by atoms with Crippen LogP contribution in [0.5, 0.6) is 0 Å². The Hall–Kier alpha value is -1.27. The Bertz CT molecular complexity index is 450. The van der Waals surface area contributed by atoms with E-state index in [0.29, 0.717) is 12.3 Å². The summed E-state index contributed by atoms with van der Waals surface area (Å²) in [5, 5.41) is 11.2. The highest BCUT2D eigenvalue weighted by Gasteiger charge is 2.11. The quantitative estimate of drug-likeness (QED) is 0.756. The summed E-state index contributed by atoms with van der Waals surface area (Å²) in [4.78, 5) is 21.8. The summed E-state index contributed by atoms with van der Waals surface area (Å²) in [6.07, 6.45) is -0.130. The first kappa shape index (κ1) is 15.8.